The number of anilines is 1. The molecule has 8 nitrogen and oxygen atoms in total. The molecular weight excluding hydrogens is 422 g/mol. The van der Waals surface area contributed by atoms with Crippen LogP contribution in [0.25, 0.3) is 11.4 Å². The summed E-state index contributed by atoms with van der Waals surface area (Å²) in [5.41, 5.74) is 2.34. The van der Waals surface area contributed by atoms with Gasteiger partial charge >= 0.3 is 0 Å². The molecule has 0 atom stereocenters. The molecule has 0 spiro atoms. The zero-order valence-electron chi connectivity index (χ0n) is 16.7. The first-order chi connectivity index (χ1) is 14.3. The molecule has 0 radical (unpaired) electrons. The van der Waals surface area contributed by atoms with Gasteiger partial charge in [0.05, 0.1) is 18.4 Å². The van der Waals surface area contributed by atoms with Crippen molar-refractivity contribution in [2.45, 2.75) is 11.6 Å². The number of carbonyl (C=O) groups excluding carboxylic acids is 1. The Labute approximate surface area is 180 Å². The van der Waals surface area contributed by atoms with Gasteiger partial charge in [0.2, 0.25) is 21.1 Å². The van der Waals surface area contributed by atoms with E-state index in [-0.39, 0.29) is 12.3 Å². The van der Waals surface area contributed by atoms with E-state index in [9.17, 15) is 13.2 Å². The van der Waals surface area contributed by atoms with Crippen LogP contribution in [0.3, 0.4) is 0 Å². The van der Waals surface area contributed by atoms with Crippen molar-refractivity contribution in [2.24, 2.45) is 0 Å². The Kier molecular flexibility index (Phi) is 7.11. The van der Waals surface area contributed by atoms with Crippen molar-refractivity contribution in [3.05, 3.63) is 60.2 Å². The van der Waals surface area contributed by atoms with Crippen molar-refractivity contribution < 1.29 is 13.2 Å². The second kappa shape index (κ2) is 9.77. The second-order valence-electron chi connectivity index (χ2n) is 6.60. The van der Waals surface area contributed by atoms with Gasteiger partial charge in [0.15, 0.2) is 5.82 Å². The van der Waals surface area contributed by atoms with Crippen molar-refractivity contribution >= 4 is 33.4 Å². The van der Waals surface area contributed by atoms with Crippen molar-refractivity contribution in [3.63, 3.8) is 0 Å². The van der Waals surface area contributed by atoms with E-state index in [0.29, 0.717) is 29.0 Å². The van der Waals surface area contributed by atoms with Gasteiger partial charge in [0.1, 0.15) is 0 Å². The van der Waals surface area contributed by atoms with Gasteiger partial charge in [0, 0.05) is 24.9 Å². The van der Waals surface area contributed by atoms with Crippen molar-refractivity contribution in [3.8, 4) is 11.4 Å². The maximum Gasteiger partial charge on any atom is 0.231 e. The number of hydrogen-bond donors (Lipinski definition) is 2. The number of aromatic amines is 1. The van der Waals surface area contributed by atoms with E-state index in [1.54, 1.807) is 24.3 Å². The fourth-order valence-electron chi connectivity index (χ4n) is 2.63. The maximum absolute atomic E-state index is 12.1. The van der Waals surface area contributed by atoms with Crippen LogP contribution in [0.15, 0.2) is 59.8 Å². The number of rotatable bonds is 9. The summed E-state index contributed by atoms with van der Waals surface area (Å²) in [5.74, 6) is 1.27. The van der Waals surface area contributed by atoms with Crippen LogP contribution < -0.4 is 9.62 Å². The lowest BCUT2D eigenvalue weighted by Crippen LogP contribution is -2.27. The number of sulfonamides is 1. The molecule has 0 unspecified atom stereocenters. The molecule has 2 N–H and O–H groups in total. The molecule has 1 aromatic heterocycles. The minimum Gasteiger partial charge on any atom is -0.355 e. The lowest BCUT2D eigenvalue weighted by atomic mass is 10.1. The smallest absolute Gasteiger partial charge is 0.231 e. The summed E-state index contributed by atoms with van der Waals surface area (Å²) >= 11 is 1.46. The Morgan fingerprint density at radius 3 is 2.50 bits per heavy atom. The van der Waals surface area contributed by atoms with E-state index < -0.39 is 10.0 Å². The minimum atomic E-state index is -3.30. The maximum atomic E-state index is 12.1. The highest BCUT2D eigenvalue weighted by atomic mass is 32.2. The van der Waals surface area contributed by atoms with Crippen molar-refractivity contribution in [1.82, 2.24) is 20.5 Å². The largest absolute Gasteiger partial charge is 0.355 e. The van der Waals surface area contributed by atoms with Crippen LogP contribution in [0.4, 0.5) is 5.69 Å². The fraction of sp³-hybridized carbons (Fsp3) is 0.250. The normalized spacial score (nSPS) is 11.3. The molecule has 3 rings (SSSR count). The average Bonchev–Trinajstić information content (AvgIpc) is 3.20. The van der Waals surface area contributed by atoms with Gasteiger partial charge in [0.25, 0.3) is 0 Å². The van der Waals surface area contributed by atoms with Gasteiger partial charge in [-0.3, -0.25) is 14.2 Å². The lowest BCUT2D eigenvalue weighted by molar-refractivity contribution is -0.120. The average molecular weight is 446 g/mol. The third kappa shape index (κ3) is 6.07. The molecule has 2 aromatic carbocycles. The van der Waals surface area contributed by atoms with Crippen LogP contribution in [0.1, 0.15) is 5.56 Å². The number of amides is 1. The van der Waals surface area contributed by atoms with E-state index in [2.05, 4.69) is 20.5 Å². The lowest BCUT2D eigenvalue weighted by Gasteiger charge is -2.16. The molecule has 3 aromatic rings. The highest BCUT2D eigenvalue weighted by molar-refractivity contribution is 7.99. The number of thioether (sulfide) groups is 1. The van der Waals surface area contributed by atoms with Gasteiger partial charge < -0.3 is 5.32 Å². The number of nitrogens with zero attached hydrogens (tertiary/aromatic N) is 3. The van der Waals surface area contributed by atoms with Gasteiger partial charge in [-0.1, -0.05) is 54.2 Å². The van der Waals surface area contributed by atoms with E-state index in [1.807, 2.05) is 30.3 Å². The van der Waals surface area contributed by atoms with E-state index >= 15 is 0 Å². The highest BCUT2D eigenvalue weighted by Gasteiger charge is 2.12. The summed E-state index contributed by atoms with van der Waals surface area (Å²) in [7, 11) is -1.81. The summed E-state index contributed by atoms with van der Waals surface area (Å²) < 4.78 is 24.3. The van der Waals surface area contributed by atoms with Crippen LogP contribution in [0.5, 0.6) is 0 Å². The summed E-state index contributed by atoms with van der Waals surface area (Å²) in [4.78, 5) is 16.6. The standard InChI is InChI=1S/C20H23N5O3S2/c1-25(30(2,27)28)17-10-8-15(9-11-17)14-18(26)21-12-13-29-20-22-19(23-24-20)16-6-4-3-5-7-16/h3-11H,12-14H2,1-2H3,(H,21,26)(H,22,23,24). The Hall–Kier alpha value is -2.85. The Morgan fingerprint density at radius 2 is 1.83 bits per heavy atom. The summed E-state index contributed by atoms with van der Waals surface area (Å²) in [6.07, 6.45) is 1.37. The van der Waals surface area contributed by atoms with E-state index in [4.69, 9.17) is 0 Å². The minimum absolute atomic E-state index is 0.0974. The number of nitrogens with one attached hydrogen (secondary N) is 2. The summed E-state index contributed by atoms with van der Waals surface area (Å²) in [6.45, 7) is 0.494. The SMILES string of the molecule is CN(c1ccc(CC(=O)NCCSc2n[nH]c(-c3ccccc3)n2)cc1)S(C)(=O)=O. The zero-order chi connectivity index (χ0) is 21.6. The third-order valence-corrected chi connectivity index (χ3v) is 6.38. The first-order valence-electron chi connectivity index (χ1n) is 9.23. The highest BCUT2D eigenvalue weighted by Crippen LogP contribution is 2.19. The second-order valence-corrected chi connectivity index (χ2v) is 9.68. The monoisotopic (exact) mass is 445 g/mol. The zero-order valence-corrected chi connectivity index (χ0v) is 18.3. The molecular formula is C20H23N5O3S2. The predicted octanol–water partition coefficient (Wildman–Crippen LogP) is 2.32. The van der Waals surface area contributed by atoms with Gasteiger partial charge in [-0.2, -0.15) is 0 Å². The molecule has 0 fully saturated rings. The molecule has 30 heavy (non-hydrogen) atoms. The molecule has 0 saturated heterocycles. The van der Waals surface area contributed by atoms with Crippen LogP contribution >= 0.6 is 11.8 Å². The molecule has 1 heterocycles. The first kappa shape index (κ1) is 21.8. The molecule has 0 aliphatic heterocycles. The van der Waals surface area contributed by atoms with Crippen LogP contribution in [0, 0.1) is 0 Å². The molecule has 0 aliphatic rings. The number of H-pyrrole nitrogens is 1. The number of hydrogen-bond acceptors (Lipinski definition) is 6. The van der Waals surface area contributed by atoms with E-state index in [0.717, 1.165) is 17.4 Å². The molecule has 0 aliphatic carbocycles. The van der Waals surface area contributed by atoms with E-state index in [1.165, 1.54) is 23.1 Å². The molecule has 1 amide bonds. The van der Waals surface area contributed by atoms with Gasteiger partial charge in [-0.25, -0.2) is 13.4 Å². The van der Waals surface area contributed by atoms with Crippen LogP contribution in [-0.4, -0.2) is 55.1 Å². The molecule has 10 heteroatoms. The predicted molar refractivity (Wildman–Crippen MR) is 119 cm³/mol. The Balaban J connectivity index is 1.42. The quantitative estimate of drug-likeness (QED) is 0.387. The van der Waals surface area contributed by atoms with Gasteiger partial charge in [-0.05, 0) is 17.7 Å². The molecule has 158 valence electrons. The molecule has 0 saturated carbocycles. The molecule has 0 bridgehead atoms. The first-order valence-corrected chi connectivity index (χ1v) is 12.1. The summed E-state index contributed by atoms with van der Waals surface area (Å²) in [5, 5.41) is 10.6. The Morgan fingerprint density at radius 1 is 1.13 bits per heavy atom. The number of aromatic nitrogens is 3. The fourth-order valence-corrected chi connectivity index (χ4v) is 3.79. The topological polar surface area (TPSA) is 108 Å². The number of carbonyl (C=O) groups is 1. The van der Waals surface area contributed by atoms with Crippen molar-refractivity contribution in [2.75, 3.05) is 29.9 Å². The Bertz CT molecular complexity index is 1080. The summed E-state index contributed by atoms with van der Waals surface area (Å²) in [6, 6.07) is 16.6. The van der Waals surface area contributed by atoms with Crippen LogP contribution in [0.2, 0.25) is 0 Å². The van der Waals surface area contributed by atoms with Crippen molar-refractivity contribution in [1.29, 1.82) is 0 Å². The third-order valence-electron chi connectivity index (χ3n) is 4.33. The number of benzene rings is 2. The van der Waals surface area contributed by atoms with Gasteiger partial charge in [-0.15, -0.1) is 5.10 Å². The van der Waals surface area contributed by atoms with Crippen LogP contribution in [-0.2, 0) is 21.2 Å².